The highest BCUT2D eigenvalue weighted by atomic mass is 19.1. The van der Waals surface area contributed by atoms with E-state index in [-0.39, 0.29) is 11.6 Å². The first-order valence-electron chi connectivity index (χ1n) is 23.2. The second kappa shape index (κ2) is 14.8. The summed E-state index contributed by atoms with van der Waals surface area (Å²) in [5.41, 5.74) is 14.7. The van der Waals surface area contributed by atoms with Gasteiger partial charge in [-0.15, -0.1) is 0 Å². The van der Waals surface area contributed by atoms with Crippen molar-refractivity contribution < 1.29 is 4.39 Å². The molecule has 0 atom stereocenters. The molecule has 0 saturated carbocycles. The summed E-state index contributed by atoms with van der Waals surface area (Å²) in [5, 5.41) is 7.69. The van der Waals surface area contributed by atoms with Crippen molar-refractivity contribution in [2.75, 3.05) is 9.80 Å². The minimum Gasteiger partial charge on any atom is -0.309 e. The predicted molar refractivity (Wildman–Crippen MR) is 280 cm³/mol. The van der Waals surface area contributed by atoms with Gasteiger partial charge in [-0.3, -0.25) is 4.90 Å². The number of hydrogen-bond acceptors (Lipinski definition) is 3. The Kier molecular flexibility index (Phi) is 8.38. The molecule has 0 N–H and O–H groups in total. The van der Waals surface area contributed by atoms with Gasteiger partial charge in [0.1, 0.15) is 0 Å². The molecule has 11 aromatic carbocycles. The molecule has 0 radical (unpaired) electrons. The highest BCUT2D eigenvalue weighted by molar-refractivity contribution is 6.25. The Bertz CT molecular complexity index is 3970. The molecule has 1 spiro atoms. The summed E-state index contributed by atoms with van der Waals surface area (Å²) in [6, 6.07) is 84.2. The van der Waals surface area contributed by atoms with E-state index in [1.165, 1.54) is 44.5 Å². The number of anilines is 6. The van der Waals surface area contributed by atoms with E-state index in [0.29, 0.717) is 5.39 Å². The van der Waals surface area contributed by atoms with E-state index in [2.05, 4.69) is 187 Å². The van der Waals surface area contributed by atoms with Crippen molar-refractivity contribution in [3.05, 3.63) is 271 Å². The topological polar surface area (TPSA) is 19.4 Å². The lowest BCUT2D eigenvalue weighted by molar-refractivity contribution is 0.635. The van der Waals surface area contributed by atoms with E-state index in [9.17, 15) is 0 Å². The maximum absolute atomic E-state index is 17.0. The van der Waals surface area contributed by atoms with Gasteiger partial charge in [0.2, 0.25) is 0 Å². The molecular weight excluding hydrogens is 830 g/mol. The first kappa shape index (κ1) is 38.4. The smallest absolute Gasteiger partial charge is 0.174 e. The Balaban J connectivity index is 1.06. The third kappa shape index (κ3) is 5.31. The summed E-state index contributed by atoms with van der Waals surface area (Å²) < 4.78 is 17.0. The number of halogens is 1. The van der Waals surface area contributed by atoms with Crippen LogP contribution in [0.3, 0.4) is 0 Å². The van der Waals surface area contributed by atoms with Gasteiger partial charge in [0.05, 0.1) is 22.5 Å². The zero-order chi connectivity index (χ0) is 44.9. The quantitative estimate of drug-likeness (QED) is 0.155. The van der Waals surface area contributed by atoms with Crippen molar-refractivity contribution >= 4 is 77.3 Å². The van der Waals surface area contributed by atoms with Crippen LogP contribution in [0.1, 0.15) is 22.3 Å². The Morgan fingerprint density at radius 3 is 1.38 bits per heavy atom. The Morgan fingerprint density at radius 1 is 0.338 bits per heavy atom. The van der Waals surface area contributed by atoms with E-state index in [4.69, 9.17) is 4.98 Å². The minimum atomic E-state index is -0.487. The van der Waals surface area contributed by atoms with Crippen molar-refractivity contribution in [1.82, 2.24) is 4.98 Å². The van der Waals surface area contributed by atoms with Gasteiger partial charge in [0.15, 0.2) is 11.6 Å². The molecule has 1 heterocycles. The van der Waals surface area contributed by atoms with Crippen LogP contribution in [0.15, 0.2) is 243 Å². The number of rotatable bonds is 6. The second-order valence-corrected chi connectivity index (χ2v) is 17.9. The van der Waals surface area contributed by atoms with Crippen molar-refractivity contribution in [3.8, 4) is 22.3 Å². The van der Waals surface area contributed by atoms with Gasteiger partial charge in [-0.1, -0.05) is 194 Å². The first-order chi connectivity index (χ1) is 33.7. The molecule has 2 aliphatic rings. The van der Waals surface area contributed by atoms with E-state index in [0.717, 1.165) is 66.1 Å². The number of benzene rings is 11. The molecule has 0 unspecified atom stereocenters. The van der Waals surface area contributed by atoms with Gasteiger partial charge < -0.3 is 4.90 Å². The normalized spacial score (nSPS) is 12.9. The van der Waals surface area contributed by atoms with Gasteiger partial charge in [0.25, 0.3) is 0 Å². The Labute approximate surface area is 393 Å². The SMILES string of the molecule is Fc1c(N(c2ccccc2)c2cc3c4ccccc4c(N(c4ccccc4)c4cccc5c4-c4ccccc4C54c5ccccc5-c5ccccc54)cc3c3ccccc23)ncc2ccccc12. The molecule has 0 saturated heterocycles. The van der Waals surface area contributed by atoms with Crippen molar-refractivity contribution in [2.45, 2.75) is 5.41 Å². The zero-order valence-corrected chi connectivity index (χ0v) is 36.8. The Hall–Kier alpha value is -8.86. The number of fused-ring (bicyclic) bond motifs is 16. The summed E-state index contributed by atoms with van der Waals surface area (Å²) in [6.45, 7) is 0. The largest absolute Gasteiger partial charge is 0.309 e. The highest BCUT2D eigenvalue weighted by Crippen LogP contribution is 2.65. The van der Waals surface area contributed by atoms with E-state index < -0.39 is 5.41 Å². The zero-order valence-electron chi connectivity index (χ0n) is 36.8. The van der Waals surface area contributed by atoms with E-state index in [1.807, 2.05) is 59.5 Å². The summed E-state index contributed by atoms with van der Waals surface area (Å²) in [6.07, 6.45) is 1.78. The molecule has 0 aliphatic heterocycles. The van der Waals surface area contributed by atoms with Gasteiger partial charge in [-0.2, -0.15) is 0 Å². The van der Waals surface area contributed by atoms with Crippen LogP contribution in [0.5, 0.6) is 0 Å². The maximum atomic E-state index is 17.0. The van der Waals surface area contributed by atoms with Crippen molar-refractivity contribution in [3.63, 3.8) is 0 Å². The van der Waals surface area contributed by atoms with Crippen LogP contribution in [0.4, 0.5) is 38.6 Å². The molecule has 12 aromatic rings. The lowest BCUT2D eigenvalue weighted by Crippen LogP contribution is -2.26. The summed E-state index contributed by atoms with van der Waals surface area (Å²) in [7, 11) is 0. The number of hydrogen-bond donors (Lipinski definition) is 0. The minimum absolute atomic E-state index is 0.249. The highest BCUT2D eigenvalue weighted by Gasteiger charge is 2.52. The monoisotopic (exact) mass is 869 g/mol. The standard InChI is InChI=1S/C64H40FN3/c65-62-44-25-8-7-20-41(44)40-66-63(62)68(43-23-5-2-6-24-43)60-39-53-45-26-9-11-30-49(45)59(38-52(53)46-27-10-12-31-50(46)60)67(42-21-3-1-4-22-42)58-37-19-36-57-61(58)51-32-15-18-35-56(51)64(57)54-33-16-13-28-47(54)48-29-14-17-34-55(48)64/h1-40H. The summed E-state index contributed by atoms with van der Waals surface area (Å²) in [5.74, 6) is -0.114. The number of aromatic nitrogens is 1. The fraction of sp³-hybridized carbons (Fsp3) is 0.0156. The molecule has 0 amide bonds. The van der Waals surface area contributed by atoms with Crippen LogP contribution >= 0.6 is 0 Å². The summed E-state index contributed by atoms with van der Waals surface area (Å²) >= 11 is 0. The van der Waals surface area contributed by atoms with Gasteiger partial charge in [-0.25, -0.2) is 9.37 Å². The molecule has 0 bridgehead atoms. The molecule has 0 fully saturated rings. The van der Waals surface area contributed by atoms with Crippen LogP contribution in [0, 0.1) is 5.82 Å². The van der Waals surface area contributed by atoms with Crippen LogP contribution in [0.25, 0.3) is 65.3 Å². The molecule has 14 rings (SSSR count). The van der Waals surface area contributed by atoms with Crippen molar-refractivity contribution in [1.29, 1.82) is 0 Å². The lowest BCUT2D eigenvalue weighted by atomic mass is 9.70. The van der Waals surface area contributed by atoms with Gasteiger partial charge >= 0.3 is 0 Å². The van der Waals surface area contributed by atoms with E-state index in [1.54, 1.807) is 6.20 Å². The van der Waals surface area contributed by atoms with Crippen LogP contribution < -0.4 is 9.80 Å². The predicted octanol–water partition coefficient (Wildman–Crippen LogP) is 17.1. The van der Waals surface area contributed by atoms with E-state index >= 15 is 4.39 Å². The Morgan fingerprint density at radius 2 is 0.779 bits per heavy atom. The number of para-hydroxylation sites is 2. The lowest BCUT2D eigenvalue weighted by Gasteiger charge is -2.32. The molecule has 3 nitrogen and oxygen atoms in total. The summed E-state index contributed by atoms with van der Waals surface area (Å²) in [4.78, 5) is 9.32. The second-order valence-electron chi connectivity index (χ2n) is 17.9. The van der Waals surface area contributed by atoms with Crippen LogP contribution in [0.2, 0.25) is 0 Å². The number of pyridine rings is 1. The number of nitrogens with zero attached hydrogens (tertiary/aromatic N) is 3. The molecule has 68 heavy (non-hydrogen) atoms. The molecule has 318 valence electrons. The molecular formula is C64H40FN3. The van der Waals surface area contributed by atoms with Gasteiger partial charge in [-0.05, 0) is 103 Å². The van der Waals surface area contributed by atoms with Crippen molar-refractivity contribution in [2.24, 2.45) is 0 Å². The van der Waals surface area contributed by atoms with Crippen LogP contribution in [-0.2, 0) is 5.41 Å². The fourth-order valence-electron chi connectivity index (χ4n) is 11.8. The average molecular weight is 870 g/mol. The first-order valence-corrected chi connectivity index (χ1v) is 23.2. The fourth-order valence-corrected chi connectivity index (χ4v) is 11.8. The average Bonchev–Trinajstić information content (AvgIpc) is 3.88. The van der Waals surface area contributed by atoms with Crippen LogP contribution in [-0.4, -0.2) is 4.98 Å². The van der Waals surface area contributed by atoms with Gasteiger partial charge in [0, 0.05) is 44.7 Å². The molecule has 4 heteroatoms. The third-order valence-corrected chi connectivity index (χ3v) is 14.5. The molecule has 1 aromatic heterocycles. The molecule has 2 aliphatic carbocycles. The third-order valence-electron chi connectivity index (χ3n) is 14.5. The maximum Gasteiger partial charge on any atom is 0.174 e.